The second-order valence-electron chi connectivity index (χ2n) is 8.21. The molecule has 5 nitrogen and oxygen atoms in total. The lowest BCUT2D eigenvalue weighted by atomic mass is 10.1. The molecule has 168 valence electrons. The fourth-order valence-electron chi connectivity index (χ4n) is 4.33. The Labute approximate surface area is 196 Å². The maximum atomic E-state index is 13.2. The van der Waals surface area contributed by atoms with Crippen LogP contribution in [0.3, 0.4) is 0 Å². The zero-order valence-electron chi connectivity index (χ0n) is 18.0. The van der Waals surface area contributed by atoms with E-state index in [1.165, 1.54) is 12.1 Å². The number of carbonyl (C=O) groups is 1. The van der Waals surface area contributed by atoms with Crippen molar-refractivity contribution in [2.45, 2.75) is 25.4 Å². The molecule has 0 N–H and O–H groups in total. The summed E-state index contributed by atoms with van der Waals surface area (Å²) in [5.41, 5.74) is 2.84. The Balaban J connectivity index is 1.34. The molecule has 1 atom stereocenters. The number of para-hydroxylation sites is 2. The molecule has 1 aliphatic heterocycles. The zero-order valence-corrected chi connectivity index (χ0v) is 18.7. The van der Waals surface area contributed by atoms with Crippen LogP contribution in [0.2, 0.25) is 5.02 Å². The molecule has 3 aromatic carbocycles. The third-order valence-corrected chi connectivity index (χ3v) is 6.20. The van der Waals surface area contributed by atoms with Gasteiger partial charge in [0, 0.05) is 30.5 Å². The lowest BCUT2D eigenvalue weighted by Gasteiger charge is -2.17. The number of hydrogen-bond donors (Lipinski definition) is 0. The number of benzene rings is 3. The topological polar surface area (TPSA) is 47.4 Å². The van der Waals surface area contributed by atoms with Gasteiger partial charge in [-0.2, -0.15) is 0 Å². The molecule has 5 rings (SSSR count). The highest BCUT2D eigenvalue weighted by Gasteiger charge is 2.34. The van der Waals surface area contributed by atoms with Crippen molar-refractivity contribution in [1.29, 1.82) is 0 Å². The minimum atomic E-state index is -0.279. The summed E-state index contributed by atoms with van der Waals surface area (Å²) in [6, 6.07) is 21.6. The highest BCUT2D eigenvalue weighted by atomic mass is 35.5. The van der Waals surface area contributed by atoms with Gasteiger partial charge in [0.25, 0.3) is 0 Å². The molecule has 0 unspecified atom stereocenters. The van der Waals surface area contributed by atoms with E-state index in [-0.39, 0.29) is 17.6 Å². The van der Waals surface area contributed by atoms with Crippen molar-refractivity contribution in [3.05, 3.63) is 95.0 Å². The fraction of sp³-hybridized carbons (Fsp3) is 0.231. The average Bonchev–Trinajstić information content (AvgIpc) is 3.37. The molecule has 1 saturated heterocycles. The Bertz CT molecular complexity index is 1270. The van der Waals surface area contributed by atoms with Gasteiger partial charge in [0.15, 0.2) is 0 Å². The number of imidazole rings is 1. The lowest BCUT2D eigenvalue weighted by molar-refractivity contribution is -0.128. The smallest absolute Gasteiger partial charge is 0.223 e. The highest BCUT2D eigenvalue weighted by Crippen LogP contribution is 2.31. The molecule has 0 radical (unpaired) electrons. The second kappa shape index (κ2) is 9.24. The largest absolute Gasteiger partial charge is 0.492 e. The van der Waals surface area contributed by atoms with E-state index in [1.807, 2.05) is 41.3 Å². The van der Waals surface area contributed by atoms with E-state index in [0.717, 1.165) is 28.2 Å². The van der Waals surface area contributed by atoms with Gasteiger partial charge in [-0.25, -0.2) is 9.37 Å². The summed E-state index contributed by atoms with van der Waals surface area (Å²) < 4.78 is 21.3. The van der Waals surface area contributed by atoms with Gasteiger partial charge in [0.2, 0.25) is 5.91 Å². The van der Waals surface area contributed by atoms with E-state index >= 15 is 0 Å². The Morgan fingerprint density at radius 3 is 2.58 bits per heavy atom. The summed E-state index contributed by atoms with van der Waals surface area (Å²) in [6.07, 6.45) is 0.405. The molecule has 0 aliphatic carbocycles. The first-order valence-corrected chi connectivity index (χ1v) is 11.3. The van der Waals surface area contributed by atoms with Crippen LogP contribution in [0.1, 0.15) is 23.7 Å². The maximum absolute atomic E-state index is 13.2. The Morgan fingerprint density at radius 2 is 1.79 bits per heavy atom. The number of ether oxygens (including phenoxy) is 1. The molecular weight excluding hydrogens is 441 g/mol. The van der Waals surface area contributed by atoms with Crippen molar-refractivity contribution < 1.29 is 13.9 Å². The predicted octanol–water partition coefficient (Wildman–Crippen LogP) is 5.42. The Morgan fingerprint density at radius 1 is 1.03 bits per heavy atom. The zero-order chi connectivity index (χ0) is 22.8. The van der Waals surface area contributed by atoms with Crippen LogP contribution < -0.4 is 4.74 Å². The van der Waals surface area contributed by atoms with E-state index in [1.54, 1.807) is 24.3 Å². The molecule has 1 aliphatic rings. The van der Waals surface area contributed by atoms with Gasteiger partial charge in [0.05, 0.1) is 17.6 Å². The molecule has 33 heavy (non-hydrogen) atoms. The third-order valence-electron chi connectivity index (χ3n) is 5.95. The Kier molecular flexibility index (Phi) is 6.01. The summed E-state index contributed by atoms with van der Waals surface area (Å²) >= 11 is 5.95. The van der Waals surface area contributed by atoms with E-state index < -0.39 is 0 Å². The van der Waals surface area contributed by atoms with Crippen molar-refractivity contribution in [2.75, 3.05) is 13.2 Å². The summed E-state index contributed by atoms with van der Waals surface area (Å²) in [5.74, 6) is 1.44. The third kappa shape index (κ3) is 4.71. The number of carbonyl (C=O) groups excluding carboxylic acids is 1. The number of aromatic nitrogens is 2. The van der Waals surface area contributed by atoms with Crippen molar-refractivity contribution in [2.24, 2.45) is 0 Å². The van der Waals surface area contributed by atoms with Gasteiger partial charge in [-0.1, -0.05) is 35.9 Å². The van der Waals surface area contributed by atoms with Crippen LogP contribution in [0.15, 0.2) is 72.8 Å². The average molecular weight is 464 g/mol. The number of halogens is 2. The van der Waals surface area contributed by atoms with Crippen LogP contribution in [-0.2, 0) is 17.9 Å². The molecule has 1 amide bonds. The molecule has 4 aromatic rings. The molecule has 0 saturated carbocycles. The first-order chi connectivity index (χ1) is 16.1. The van der Waals surface area contributed by atoms with Gasteiger partial charge in [-0.3, -0.25) is 4.79 Å². The molecule has 1 fully saturated rings. The molecular formula is C26H23ClFN3O2. The monoisotopic (exact) mass is 463 g/mol. The molecule has 0 spiro atoms. The first kappa shape index (κ1) is 21.5. The molecule has 7 heteroatoms. The maximum Gasteiger partial charge on any atom is 0.223 e. The van der Waals surface area contributed by atoms with E-state index in [0.29, 0.717) is 37.7 Å². The van der Waals surface area contributed by atoms with Crippen molar-refractivity contribution in [1.82, 2.24) is 14.5 Å². The number of likely N-dealkylation sites (tertiary alicyclic amines) is 1. The van der Waals surface area contributed by atoms with Crippen LogP contribution in [0.4, 0.5) is 4.39 Å². The minimum absolute atomic E-state index is 0.0131. The molecule has 1 aromatic heterocycles. The molecule has 0 bridgehead atoms. The lowest BCUT2D eigenvalue weighted by Crippen LogP contribution is -2.24. The Hall–Kier alpha value is -3.38. The summed E-state index contributed by atoms with van der Waals surface area (Å²) in [4.78, 5) is 19.5. The molecule has 2 heterocycles. The van der Waals surface area contributed by atoms with Gasteiger partial charge >= 0.3 is 0 Å². The summed E-state index contributed by atoms with van der Waals surface area (Å²) in [6.45, 7) is 2.13. The second-order valence-corrected chi connectivity index (χ2v) is 8.65. The number of nitrogens with zero attached hydrogens (tertiary/aromatic N) is 3. The van der Waals surface area contributed by atoms with Crippen LogP contribution in [0, 0.1) is 5.82 Å². The minimum Gasteiger partial charge on any atom is -0.492 e. The van der Waals surface area contributed by atoms with E-state index in [4.69, 9.17) is 21.3 Å². The summed E-state index contributed by atoms with van der Waals surface area (Å²) in [5, 5.41) is 0.668. The quantitative estimate of drug-likeness (QED) is 0.367. The summed E-state index contributed by atoms with van der Waals surface area (Å²) in [7, 11) is 0. The van der Waals surface area contributed by atoms with Crippen LogP contribution in [-0.4, -0.2) is 33.5 Å². The van der Waals surface area contributed by atoms with E-state index in [9.17, 15) is 9.18 Å². The van der Waals surface area contributed by atoms with Crippen molar-refractivity contribution in [3.63, 3.8) is 0 Å². The van der Waals surface area contributed by atoms with Gasteiger partial charge in [-0.05, 0) is 54.1 Å². The SMILES string of the molecule is O=C1C[C@@H](c2nc3ccccc3n2CCOc2ccc(Cl)cc2)CN1Cc1ccc(F)cc1. The normalized spacial score (nSPS) is 16.0. The van der Waals surface area contributed by atoms with E-state index in [2.05, 4.69) is 4.57 Å². The van der Waals surface area contributed by atoms with Crippen LogP contribution in [0.5, 0.6) is 5.75 Å². The van der Waals surface area contributed by atoms with Crippen molar-refractivity contribution in [3.8, 4) is 5.75 Å². The standard InChI is InChI=1S/C26H23ClFN3O2/c27-20-7-11-22(12-8-20)33-14-13-31-24-4-2-1-3-23(24)29-26(31)19-15-25(32)30(17-19)16-18-5-9-21(28)10-6-18/h1-12,19H,13-17H2/t19-/m1/s1. The number of amides is 1. The van der Waals surface area contributed by atoms with Crippen molar-refractivity contribution >= 4 is 28.5 Å². The predicted molar refractivity (Wildman–Crippen MR) is 126 cm³/mol. The van der Waals surface area contributed by atoms with Gasteiger partial charge < -0.3 is 14.2 Å². The van der Waals surface area contributed by atoms with Crippen LogP contribution in [0.25, 0.3) is 11.0 Å². The first-order valence-electron chi connectivity index (χ1n) is 10.9. The highest BCUT2D eigenvalue weighted by molar-refractivity contribution is 6.30. The van der Waals surface area contributed by atoms with Crippen LogP contribution >= 0.6 is 11.6 Å². The van der Waals surface area contributed by atoms with Gasteiger partial charge in [0.1, 0.15) is 24.0 Å². The number of rotatable bonds is 7. The fourth-order valence-corrected chi connectivity index (χ4v) is 4.46. The number of fused-ring (bicyclic) bond motifs is 1. The number of hydrogen-bond acceptors (Lipinski definition) is 3. The van der Waals surface area contributed by atoms with Gasteiger partial charge in [-0.15, -0.1) is 0 Å².